The predicted octanol–water partition coefficient (Wildman–Crippen LogP) is 4.46. The molecule has 1 aromatic heterocycles. The molecule has 20 heavy (non-hydrogen) atoms. The van der Waals surface area contributed by atoms with Crippen molar-refractivity contribution in [2.24, 2.45) is 0 Å². The van der Waals surface area contributed by atoms with Crippen LogP contribution in [0.5, 0.6) is 5.75 Å². The first kappa shape index (κ1) is 15.1. The quantitative estimate of drug-likeness (QED) is 0.847. The van der Waals surface area contributed by atoms with E-state index in [1.807, 2.05) is 0 Å². The van der Waals surface area contributed by atoms with E-state index in [2.05, 4.69) is 55.0 Å². The van der Waals surface area contributed by atoms with Crippen LogP contribution < -0.4 is 10.1 Å². The molecule has 0 fully saturated rings. The lowest BCUT2D eigenvalue weighted by Gasteiger charge is -2.22. The smallest absolute Gasteiger partial charge is 0.124 e. The fraction of sp³-hybridized carbons (Fsp3) is 0.412. The van der Waals surface area contributed by atoms with Crippen LogP contribution in [0.15, 0.2) is 29.0 Å². The molecule has 1 atom stereocenters. The Morgan fingerprint density at radius 3 is 2.60 bits per heavy atom. The molecule has 0 aliphatic rings. The second-order valence-corrected chi connectivity index (χ2v) is 5.89. The summed E-state index contributed by atoms with van der Waals surface area (Å²) in [5.41, 5.74) is 5.18. The minimum Gasteiger partial charge on any atom is -0.496 e. The second-order valence-electron chi connectivity index (χ2n) is 5.14. The van der Waals surface area contributed by atoms with Gasteiger partial charge in [-0.1, -0.05) is 24.6 Å². The summed E-state index contributed by atoms with van der Waals surface area (Å²) in [4.78, 5) is 0. The maximum absolute atomic E-state index is 5.56. The number of nitrogens with one attached hydrogen (secondary N) is 1. The highest BCUT2D eigenvalue weighted by Gasteiger charge is 2.20. The van der Waals surface area contributed by atoms with Crippen LogP contribution in [0.4, 0.5) is 0 Å². The van der Waals surface area contributed by atoms with Crippen molar-refractivity contribution in [2.45, 2.75) is 33.2 Å². The van der Waals surface area contributed by atoms with Crippen LogP contribution in [0, 0.1) is 13.8 Å². The number of hydrogen-bond acceptors (Lipinski definition) is 3. The fourth-order valence-electron chi connectivity index (χ4n) is 2.42. The number of methoxy groups -OCH3 is 1. The topological polar surface area (TPSA) is 21.3 Å². The van der Waals surface area contributed by atoms with Crippen LogP contribution in [0.25, 0.3) is 0 Å². The van der Waals surface area contributed by atoms with E-state index >= 15 is 0 Å². The molecule has 0 aliphatic carbocycles. The van der Waals surface area contributed by atoms with Crippen molar-refractivity contribution in [3.05, 3.63) is 51.2 Å². The first-order chi connectivity index (χ1) is 9.67. The number of aryl methyl sites for hydroxylation is 2. The van der Waals surface area contributed by atoms with E-state index < -0.39 is 0 Å². The van der Waals surface area contributed by atoms with Crippen molar-refractivity contribution in [2.75, 3.05) is 13.7 Å². The van der Waals surface area contributed by atoms with Crippen molar-refractivity contribution in [1.29, 1.82) is 0 Å². The van der Waals surface area contributed by atoms with Crippen molar-refractivity contribution in [1.82, 2.24) is 5.32 Å². The van der Waals surface area contributed by atoms with Crippen LogP contribution >= 0.6 is 11.3 Å². The molecule has 1 N–H and O–H groups in total. The summed E-state index contributed by atoms with van der Waals surface area (Å²) < 4.78 is 5.56. The van der Waals surface area contributed by atoms with Gasteiger partial charge >= 0.3 is 0 Å². The van der Waals surface area contributed by atoms with Gasteiger partial charge in [-0.25, -0.2) is 0 Å². The zero-order valence-corrected chi connectivity index (χ0v) is 13.5. The van der Waals surface area contributed by atoms with Gasteiger partial charge in [0.1, 0.15) is 5.75 Å². The van der Waals surface area contributed by atoms with Gasteiger partial charge in [-0.2, -0.15) is 11.3 Å². The molecule has 1 heterocycles. The normalized spacial score (nSPS) is 12.4. The third-order valence-corrected chi connectivity index (χ3v) is 4.38. The monoisotopic (exact) mass is 289 g/mol. The second kappa shape index (κ2) is 6.91. The van der Waals surface area contributed by atoms with Crippen LogP contribution in [-0.4, -0.2) is 13.7 Å². The van der Waals surface area contributed by atoms with Gasteiger partial charge in [0.15, 0.2) is 0 Å². The van der Waals surface area contributed by atoms with E-state index in [1.54, 1.807) is 18.4 Å². The van der Waals surface area contributed by atoms with Gasteiger partial charge in [-0.15, -0.1) is 0 Å². The average molecular weight is 289 g/mol. The maximum Gasteiger partial charge on any atom is 0.124 e. The predicted molar refractivity (Wildman–Crippen MR) is 86.9 cm³/mol. The van der Waals surface area contributed by atoms with E-state index in [4.69, 9.17) is 4.74 Å². The molecule has 1 aromatic carbocycles. The number of rotatable bonds is 6. The summed E-state index contributed by atoms with van der Waals surface area (Å²) in [7, 11) is 1.74. The van der Waals surface area contributed by atoms with Crippen molar-refractivity contribution in [3.8, 4) is 5.75 Å². The standard InChI is InChI=1S/C17H23NOS/c1-5-8-18-17(15-11-20-10-13(15)3)14-9-12(2)6-7-16(14)19-4/h6-7,9-11,17-18H,5,8H2,1-4H3. The van der Waals surface area contributed by atoms with E-state index in [0.717, 1.165) is 18.7 Å². The van der Waals surface area contributed by atoms with Crippen molar-refractivity contribution in [3.63, 3.8) is 0 Å². The lowest BCUT2D eigenvalue weighted by Crippen LogP contribution is -2.24. The molecular formula is C17H23NOS. The third-order valence-electron chi connectivity index (χ3n) is 3.50. The Hall–Kier alpha value is -1.32. The Morgan fingerprint density at radius 2 is 2.00 bits per heavy atom. The molecule has 0 amide bonds. The molecule has 0 saturated heterocycles. The molecule has 0 saturated carbocycles. The number of hydrogen-bond donors (Lipinski definition) is 1. The molecule has 2 rings (SSSR count). The summed E-state index contributed by atoms with van der Waals surface area (Å²) in [5, 5.41) is 8.10. The molecule has 3 heteroatoms. The summed E-state index contributed by atoms with van der Waals surface area (Å²) in [6.07, 6.45) is 1.12. The molecule has 0 bridgehead atoms. The van der Waals surface area contributed by atoms with Crippen LogP contribution in [0.3, 0.4) is 0 Å². The molecule has 108 valence electrons. The van der Waals surface area contributed by atoms with Gasteiger partial charge in [0.25, 0.3) is 0 Å². The highest BCUT2D eigenvalue weighted by Crippen LogP contribution is 2.33. The Bertz CT molecular complexity index is 562. The van der Waals surface area contributed by atoms with Crippen LogP contribution in [0.2, 0.25) is 0 Å². The van der Waals surface area contributed by atoms with E-state index in [9.17, 15) is 0 Å². The molecule has 0 spiro atoms. The minimum absolute atomic E-state index is 0.205. The summed E-state index contributed by atoms with van der Waals surface area (Å²) in [6, 6.07) is 6.59. The van der Waals surface area contributed by atoms with Crippen molar-refractivity contribution < 1.29 is 4.74 Å². The molecule has 0 aliphatic heterocycles. The van der Waals surface area contributed by atoms with Gasteiger partial charge in [-0.3, -0.25) is 0 Å². The Balaban J connectivity index is 2.46. The largest absolute Gasteiger partial charge is 0.496 e. The molecule has 0 radical (unpaired) electrons. The first-order valence-electron chi connectivity index (χ1n) is 7.08. The molecule has 1 unspecified atom stereocenters. The van der Waals surface area contributed by atoms with Crippen molar-refractivity contribution >= 4 is 11.3 Å². The number of ether oxygens (including phenoxy) is 1. The van der Waals surface area contributed by atoms with Gasteiger partial charge in [-0.05, 0) is 54.8 Å². The zero-order valence-electron chi connectivity index (χ0n) is 12.7. The highest BCUT2D eigenvalue weighted by molar-refractivity contribution is 7.08. The van der Waals surface area contributed by atoms with Gasteiger partial charge < -0.3 is 10.1 Å². The van der Waals surface area contributed by atoms with E-state index in [-0.39, 0.29) is 6.04 Å². The number of benzene rings is 1. The van der Waals surface area contributed by atoms with Crippen LogP contribution in [0.1, 0.15) is 41.6 Å². The van der Waals surface area contributed by atoms with E-state index in [0.29, 0.717) is 0 Å². The number of thiophene rings is 1. The zero-order chi connectivity index (χ0) is 14.5. The molecule has 2 aromatic rings. The van der Waals surface area contributed by atoms with Gasteiger partial charge in [0.2, 0.25) is 0 Å². The SMILES string of the molecule is CCCNC(c1cscc1C)c1cc(C)ccc1OC. The molecular weight excluding hydrogens is 266 g/mol. The minimum atomic E-state index is 0.205. The van der Waals surface area contributed by atoms with Gasteiger partial charge in [0, 0.05) is 5.56 Å². The Morgan fingerprint density at radius 1 is 1.20 bits per heavy atom. The lowest BCUT2D eigenvalue weighted by molar-refractivity contribution is 0.403. The molecule has 2 nitrogen and oxygen atoms in total. The highest BCUT2D eigenvalue weighted by atomic mass is 32.1. The Kier molecular flexibility index (Phi) is 5.21. The van der Waals surface area contributed by atoms with E-state index in [1.165, 1.54) is 22.3 Å². The summed E-state index contributed by atoms with van der Waals surface area (Å²) in [5.74, 6) is 0.954. The third kappa shape index (κ3) is 3.22. The first-order valence-corrected chi connectivity index (χ1v) is 8.02. The fourth-order valence-corrected chi connectivity index (χ4v) is 3.30. The Labute approximate surface area is 125 Å². The summed E-state index contributed by atoms with van der Waals surface area (Å²) >= 11 is 1.76. The van der Waals surface area contributed by atoms with Gasteiger partial charge in [0.05, 0.1) is 13.2 Å². The summed E-state index contributed by atoms with van der Waals surface area (Å²) in [6.45, 7) is 7.49. The average Bonchev–Trinajstić information content (AvgIpc) is 2.86. The maximum atomic E-state index is 5.56. The lowest BCUT2D eigenvalue weighted by atomic mass is 9.96. The van der Waals surface area contributed by atoms with Crippen LogP contribution in [-0.2, 0) is 0 Å².